The average Bonchev–Trinajstić information content (AvgIpc) is 3.43. The quantitative estimate of drug-likeness (QED) is 0.210. The number of aromatic nitrogens is 4. The van der Waals surface area contributed by atoms with Crippen LogP contribution >= 0.6 is 0 Å². The number of ether oxygens (including phenoxy) is 2. The van der Waals surface area contributed by atoms with Gasteiger partial charge >= 0.3 is 0 Å². The largest absolute Gasteiger partial charge is 0.495 e. The summed E-state index contributed by atoms with van der Waals surface area (Å²) in [6, 6.07) is 6.73. The van der Waals surface area contributed by atoms with Crippen molar-refractivity contribution in [2.45, 2.75) is 12.5 Å². The monoisotopic (exact) mass is 578 g/mol. The van der Waals surface area contributed by atoms with Crippen molar-refractivity contribution in [1.82, 2.24) is 29.7 Å². The summed E-state index contributed by atoms with van der Waals surface area (Å²) < 4.78 is 25.8. The molecule has 0 bridgehead atoms. The number of rotatable bonds is 11. The zero-order valence-electron chi connectivity index (χ0n) is 23.9. The third-order valence-electron chi connectivity index (χ3n) is 7.33. The molecule has 4 heterocycles. The van der Waals surface area contributed by atoms with E-state index in [4.69, 9.17) is 9.47 Å². The van der Waals surface area contributed by atoms with E-state index in [0.29, 0.717) is 45.7 Å². The number of hydrogen-bond acceptors (Lipinski definition) is 10. The van der Waals surface area contributed by atoms with Crippen molar-refractivity contribution in [2.75, 3.05) is 71.3 Å². The zero-order valence-corrected chi connectivity index (χ0v) is 23.9. The average molecular weight is 579 g/mol. The number of para-hydroxylation sites is 1. The highest BCUT2D eigenvalue weighted by Gasteiger charge is 2.29. The lowest BCUT2D eigenvalue weighted by Crippen LogP contribution is -2.54. The molecule has 0 aliphatic carbocycles. The lowest BCUT2D eigenvalue weighted by molar-refractivity contribution is -0.124. The van der Waals surface area contributed by atoms with E-state index < -0.39 is 11.9 Å². The van der Waals surface area contributed by atoms with Crippen LogP contribution in [-0.2, 0) is 16.0 Å². The lowest BCUT2D eigenvalue weighted by Gasteiger charge is -2.36. The number of aliphatic hydroxyl groups is 1. The predicted octanol–water partition coefficient (Wildman–Crippen LogP) is 2.65. The van der Waals surface area contributed by atoms with Gasteiger partial charge in [0.1, 0.15) is 17.5 Å². The van der Waals surface area contributed by atoms with E-state index in [1.807, 2.05) is 6.07 Å². The molecular formula is C29H35FN8O4. The zero-order chi connectivity index (χ0) is 29.6. The summed E-state index contributed by atoms with van der Waals surface area (Å²) in [5.41, 5.74) is 2.99. The number of H-pyrrole nitrogens is 1. The van der Waals surface area contributed by atoms with Gasteiger partial charge in [-0.15, -0.1) is 0 Å². The van der Waals surface area contributed by atoms with Crippen LogP contribution in [0.3, 0.4) is 0 Å². The fourth-order valence-corrected chi connectivity index (χ4v) is 5.07. The van der Waals surface area contributed by atoms with E-state index in [0.717, 1.165) is 32.4 Å². The maximum absolute atomic E-state index is 15.1. The van der Waals surface area contributed by atoms with Gasteiger partial charge in [-0.2, -0.15) is 0 Å². The maximum atomic E-state index is 15.1. The SMILES string of the molecule is COC[C@H](C(=O)Nc1cccc2c(-c3nc(Nc4cnc(CCO)c(OC)c4)ncc3F)c[nH]c12)N1CCN(C)CC1. The first-order chi connectivity index (χ1) is 20.4. The van der Waals surface area contributed by atoms with Crippen LogP contribution in [-0.4, -0.2) is 107 Å². The molecule has 5 rings (SSSR count). The number of carbonyl (C=O) groups excluding carboxylic acids is 1. The summed E-state index contributed by atoms with van der Waals surface area (Å²) in [7, 11) is 5.18. The molecule has 1 aliphatic rings. The number of methoxy groups -OCH3 is 2. The molecule has 12 nitrogen and oxygen atoms in total. The van der Waals surface area contributed by atoms with Crippen molar-refractivity contribution in [3.05, 3.63) is 54.4 Å². The van der Waals surface area contributed by atoms with Crippen molar-refractivity contribution in [3.63, 3.8) is 0 Å². The van der Waals surface area contributed by atoms with Crippen molar-refractivity contribution in [3.8, 4) is 17.0 Å². The molecule has 1 fully saturated rings. The molecule has 1 amide bonds. The van der Waals surface area contributed by atoms with Crippen LogP contribution in [0, 0.1) is 5.82 Å². The van der Waals surface area contributed by atoms with E-state index in [1.54, 1.807) is 37.7 Å². The second kappa shape index (κ2) is 13.2. The van der Waals surface area contributed by atoms with Gasteiger partial charge in [0, 0.05) is 69.5 Å². The summed E-state index contributed by atoms with van der Waals surface area (Å²) in [5, 5.41) is 16.0. The standard InChI is InChI=1S/C29H35FN8O4/c1-37-8-10-38(11-9-37)24(17-41-2)28(40)35-23-6-4-5-19-20(15-32-27(19)23)26-21(30)16-33-29(36-26)34-18-13-25(42-3)22(7-12-39)31-14-18/h4-6,13-16,24,32,39H,7-12,17H2,1-3H3,(H,35,40)(H,33,34,36)/t24-/m1/s1. The molecular weight excluding hydrogens is 543 g/mol. The Bertz CT molecular complexity index is 1540. The van der Waals surface area contributed by atoms with Gasteiger partial charge in [-0.05, 0) is 13.1 Å². The third kappa shape index (κ3) is 6.34. The molecule has 0 saturated carbocycles. The first kappa shape index (κ1) is 29.3. The van der Waals surface area contributed by atoms with Gasteiger partial charge in [-0.1, -0.05) is 12.1 Å². The summed E-state index contributed by atoms with van der Waals surface area (Å²) in [6.45, 7) is 3.52. The van der Waals surface area contributed by atoms with Crippen LogP contribution < -0.4 is 15.4 Å². The molecule has 4 N–H and O–H groups in total. The topological polar surface area (TPSA) is 141 Å². The summed E-state index contributed by atoms with van der Waals surface area (Å²) in [5.74, 6) is -0.0968. The molecule has 42 heavy (non-hydrogen) atoms. The normalized spacial score (nSPS) is 15.1. The molecule has 4 aromatic rings. The number of nitrogens with zero attached hydrogens (tertiary/aromatic N) is 5. The number of hydrogen-bond donors (Lipinski definition) is 4. The number of halogens is 1. The van der Waals surface area contributed by atoms with Gasteiger partial charge < -0.3 is 35.1 Å². The third-order valence-corrected chi connectivity index (χ3v) is 7.33. The number of nitrogens with one attached hydrogen (secondary N) is 3. The molecule has 3 aromatic heterocycles. The number of aromatic amines is 1. The van der Waals surface area contributed by atoms with Gasteiger partial charge in [0.15, 0.2) is 5.82 Å². The number of fused-ring (bicyclic) bond motifs is 1. The number of amides is 1. The second-order valence-corrected chi connectivity index (χ2v) is 10.1. The predicted molar refractivity (Wildman–Crippen MR) is 158 cm³/mol. The summed E-state index contributed by atoms with van der Waals surface area (Å²) in [4.78, 5) is 33.8. The van der Waals surface area contributed by atoms with E-state index in [9.17, 15) is 9.90 Å². The molecule has 1 aliphatic heterocycles. The molecule has 0 spiro atoms. The van der Waals surface area contributed by atoms with Gasteiger partial charge in [-0.25, -0.2) is 14.4 Å². The van der Waals surface area contributed by atoms with Crippen LogP contribution in [0.2, 0.25) is 0 Å². The molecule has 222 valence electrons. The molecule has 1 aromatic carbocycles. The Hall–Kier alpha value is -4.17. The maximum Gasteiger partial charge on any atom is 0.244 e. The summed E-state index contributed by atoms with van der Waals surface area (Å²) >= 11 is 0. The smallest absolute Gasteiger partial charge is 0.244 e. The number of benzene rings is 1. The molecule has 13 heteroatoms. The Morgan fingerprint density at radius 3 is 2.74 bits per heavy atom. The second-order valence-electron chi connectivity index (χ2n) is 10.1. The lowest BCUT2D eigenvalue weighted by atomic mass is 10.1. The van der Waals surface area contributed by atoms with Crippen molar-refractivity contribution >= 4 is 34.1 Å². The van der Waals surface area contributed by atoms with Crippen molar-refractivity contribution < 1.29 is 23.8 Å². The minimum atomic E-state index is -0.597. The Morgan fingerprint density at radius 2 is 2.00 bits per heavy atom. The van der Waals surface area contributed by atoms with Gasteiger partial charge in [-0.3, -0.25) is 14.7 Å². The molecule has 0 radical (unpaired) electrons. The number of likely N-dealkylation sites (N-methyl/N-ethyl adjacent to an activating group) is 1. The number of piperazine rings is 1. The first-order valence-corrected chi connectivity index (χ1v) is 13.7. The van der Waals surface area contributed by atoms with Crippen LogP contribution in [0.1, 0.15) is 5.69 Å². The number of aliphatic hydroxyl groups excluding tert-OH is 1. The van der Waals surface area contributed by atoms with E-state index in [1.165, 1.54) is 7.11 Å². The Labute approximate surface area is 242 Å². The number of anilines is 3. The van der Waals surface area contributed by atoms with Gasteiger partial charge in [0.25, 0.3) is 0 Å². The van der Waals surface area contributed by atoms with Crippen LogP contribution in [0.5, 0.6) is 5.75 Å². The van der Waals surface area contributed by atoms with Crippen LogP contribution in [0.4, 0.5) is 21.7 Å². The highest BCUT2D eigenvalue weighted by Crippen LogP contribution is 2.33. The van der Waals surface area contributed by atoms with Crippen LogP contribution in [0.25, 0.3) is 22.2 Å². The highest BCUT2D eigenvalue weighted by molar-refractivity contribution is 6.06. The molecule has 1 atom stereocenters. The van der Waals surface area contributed by atoms with E-state index in [-0.39, 0.29) is 30.8 Å². The minimum Gasteiger partial charge on any atom is -0.495 e. The Morgan fingerprint density at radius 1 is 1.19 bits per heavy atom. The Balaban J connectivity index is 1.39. The van der Waals surface area contributed by atoms with Crippen LogP contribution in [0.15, 0.2) is 42.9 Å². The summed E-state index contributed by atoms with van der Waals surface area (Å²) in [6.07, 6.45) is 4.69. The van der Waals surface area contributed by atoms with Crippen molar-refractivity contribution in [2.24, 2.45) is 0 Å². The first-order valence-electron chi connectivity index (χ1n) is 13.7. The minimum absolute atomic E-state index is 0.0550. The fraction of sp³-hybridized carbons (Fsp3) is 0.379. The highest BCUT2D eigenvalue weighted by atomic mass is 19.1. The fourth-order valence-electron chi connectivity index (χ4n) is 5.07. The van der Waals surface area contributed by atoms with E-state index >= 15 is 4.39 Å². The Kier molecular flexibility index (Phi) is 9.22. The van der Waals surface area contributed by atoms with Gasteiger partial charge in [0.05, 0.1) is 48.7 Å². The number of carbonyl (C=O) groups is 1. The van der Waals surface area contributed by atoms with E-state index in [2.05, 4.69) is 47.4 Å². The van der Waals surface area contributed by atoms with Gasteiger partial charge in [0.2, 0.25) is 11.9 Å². The van der Waals surface area contributed by atoms with Crippen molar-refractivity contribution in [1.29, 1.82) is 0 Å². The number of pyridine rings is 1. The molecule has 0 unspecified atom stereocenters. The molecule has 1 saturated heterocycles.